The average Bonchev–Trinajstić information content (AvgIpc) is 2.43. The van der Waals surface area contributed by atoms with Gasteiger partial charge < -0.3 is 15.0 Å². The van der Waals surface area contributed by atoms with Crippen LogP contribution in [0.2, 0.25) is 0 Å². The zero-order valence-corrected chi connectivity index (χ0v) is 13.9. The van der Waals surface area contributed by atoms with Gasteiger partial charge in [0, 0.05) is 32.9 Å². The Bertz CT molecular complexity index is 384. The molecule has 1 N–H and O–H groups in total. The number of methoxy groups -OCH3 is 1. The van der Waals surface area contributed by atoms with Crippen LogP contribution in [0, 0.1) is 0 Å². The van der Waals surface area contributed by atoms with E-state index >= 15 is 0 Å². The van der Waals surface area contributed by atoms with E-state index in [4.69, 9.17) is 4.74 Å². The Morgan fingerprint density at radius 1 is 1.20 bits per heavy atom. The molecule has 0 saturated heterocycles. The number of hydrogen-bond donors (Lipinski definition) is 1. The number of nitrogens with zero attached hydrogens (tertiary/aromatic N) is 1. The number of benzene rings is 1. The van der Waals surface area contributed by atoms with Gasteiger partial charge in [-0.3, -0.25) is 0 Å². The number of anilines is 1. The van der Waals surface area contributed by atoms with Crippen LogP contribution in [0.4, 0.5) is 5.69 Å². The summed E-state index contributed by atoms with van der Waals surface area (Å²) in [6, 6.07) is 9.21. The number of ether oxygens (including phenoxy) is 1. The van der Waals surface area contributed by atoms with Crippen LogP contribution in [-0.4, -0.2) is 33.4 Å². The molecule has 0 heterocycles. The van der Waals surface area contributed by atoms with Crippen LogP contribution < -0.4 is 10.2 Å². The van der Waals surface area contributed by atoms with Crippen molar-refractivity contribution in [1.82, 2.24) is 5.32 Å². The summed E-state index contributed by atoms with van der Waals surface area (Å²) in [5.41, 5.74) is 2.53. The van der Waals surface area contributed by atoms with Crippen molar-refractivity contribution >= 4 is 5.69 Å². The van der Waals surface area contributed by atoms with E-state index in [1.807, 2.05) is 0 Å². The Morgan fingerprint density at radius 3 is 2.25 bits per heavy atom. The van der Waals surface area contributed by atoms with E-state index in [0.29, 0.717) is 6.04 Å². The predicted molar refractivity (Wildman–Crippen MR) is 87.5 cm³/mol. The maximum atomic E-state index is 5.52. The van der Waals surface area contributed by atoms with Gasteiger partial charge in [0.2, 0.25) is 0 Å². The van der Waals surface area contributed by atoms with E-state index < -0.39 is 0 Å². The Hall–Kier alpha value is -1.06. The second-order valence-electron chi connectivity index (χ2n) is 6.10. The molecule has 0 fully saturated rings. The van der Waals surface area contributed by atoms with Gasteiger partial charge >= 0.3 is 0 Å². The van der Waals surface area contributed by atoms with Gasteiger partial charge in [-0.1, -0.05) is 19.1 Å². The molecule has 0 saturated carbocycles. The molecule has 20 heavy (non-hydrogen) atoms. The first kappa shape index (κ1) is 17.0. The minimum Gasteiger partial charge on any atom is -0.379 e. The molecule has 0 aliphatic carbocycles. The summed E-state index contributed by atoms with van der Waals surface area (Å²) in [6.45, 7) is 7.42. The van der Waals surface area contributed by atoms with E-state index in [9.17, 15) is 0 Å². The zero-order valence-electron chi connectivity index (χ0n) is 13.9. The molecule has 1 aromatic rings. The van der Waals surface area contributed by atoms with Crippen LogP contribution in [0.15, 0.2) is 24.3 Å². The Kier molecular flexibility index (Phi) is 6.50. The van der Waals surface area contributed by atoms with E-state index in [0.717, 1.165) is 19.4 Å². The van der Waals surface area contributed by atoms with Gasteiger partial charge in [0.25, 0.3) is 0 Å². The summed E-state index contributed by atoms with van der Waals surface area (Å²) >= 11 is 0. The molecule has 0 amide bonds. The highest BCUT2D eigenvalue weighted by Crippen LogP contribution is 2.25. The fourth-order valence-electron chi connectivity index (χ4n) is 2.23. The monoisotopic (exact) mass is 278 g/mol. The highest BCUT2D eigenvalue weighted by molar-refractivity contribution is 5.46. The Morgan fingerprint density at radius 2 is 1.80 bits per heavy atom. The molecule has 0 spiro atoms. The molecule has 114 valence electrons. The van der Waals surface area contributed by atoms with Crippen LogP contribution in [0.3, 0.4) is 0 Å². The van der Waals surface area contributed by atoms with E-state index in [1.165, 1.54) is 11.3 Å². The zero-order chi connectivity index (χ0) is 15.2. The second-order valence-corrected chi connectivity index (χ2v) is 6.10. The van der Waals surface area contributed by atoms with Crippen LogP contribution in [-0.2, 0) is 4.74 Å². The summed E-state index contributed by atoms with van der Waals surface area (Å²) in [6.07, 6.45) is 2.12. The third kappa shape index (κ3) is 5.14. The molecule has 1 atom stereocenters. The van der Waals surface area contributed by atoms with Gasteiger partial charge in [0.05, 0.1) is 5.60 Å². The third-order valence-electron chi connectivity index (χ3n) is 3.85. The van der Waals surface area contributed by atoms with Crippen molar-refractivity contribution in [2.24, 2.45) is 0 Å². The minimum absolute atomic E-state index is 0.0583. The predicted octanol–water partition coefficient (Wildman–Crippen LogP) is 3.61. The van der Waals surface area contributed by atoms with Crippen LogP contribution in [0.5, 0.6) is 0 Å². The van der Waals surface area contributed by atoms with Crippen molar-refractivity contribution in [3.8, 4) is 0 Å². The van der Waals surface area contributed by atoms with Gasteiger partial charge in [-0.2, -0.15) is 0 Å². The fourth-order valence-corrected chi connectivity index (χ4v) is 2.23. The lowest BCUT2D eigenvalue weighted by Crippen LogP contribution is -2.27. The lowest BCUT2D eigenvalue weighted by atomic mass is 9.94. The molecule has 0 aromatic heterocycles. The molecule has 0 bridgehead atoms. The first-order valence-electron chi connectivity index (χ1n) is 7.45. The van der Waals surface area contributed by atoms with Crippen molar-refractivity contribution < 1.29 is 4.74 Å². The van der Waals surface area contributed by atoms with Gasteiger partial charge in [-0.25, -0.2) is 0 Å². The molecule has 0 radical (unpaired) electrons. The number of hydrogen-bond acceptors (Lipinski definition) is 3. The molecule has 1 unspecified atom stereocenters. The van der Waals surface area contributed by atoms with Crippen LogP contribution in [0.1, 0.15) is 45.2 Å². The van der Waals surface area contributed by atoms with Gasteiger partial charge in [-0.05, 0) is 50.9 Å². The maximum Gasteiger partial charge on any atom is 0.0623 e. The highest BCUT2D eigenvalue weighted by atomic mass is 16.5. The third-order valence-corrected chi connectivity index (χ3v) is 3.85. The topological polar surface area (TPSA) is 24.5 Å². The van der Waals surface area contributed by atoms with Crippen molar-refractivity contribution in [3.63, 3.8) is 0 Å². The quantitative estimate of drug-likeness (QED) is 0.786. The Labute approximate surface area is 124 Å². The lowest BCUT2D eigenvalue weighted by molar-refractivity contribution is 0.0117. The highest BCUT2D eigenvalue weighted by Gasteiger charge is 2.19. The van der Waals surface area contributed by atoms with Crippen LogP contribution >= 0.6 is 0 Å². The normalized spacial score (nSPS) is 13.3. The smallest absolute Gasteiger partial charge is 0.0623 e. The SMILES string of the molecule is CCNC(CCC(C)(C)OC)c1ccc(N(C)C)cc1. The Balaban J connectivity index is 2.74. The van der Waals surface area contributed by atoms with Crippen molar-refractivity contribution in [2.75, 3.05) is 32.6 Å². The van der Waals surface area contributed by atoms with Crippen molar-refractivity contribution in [3.05, 3.63) is 29.8 Å². The summed E-state index contributed by atoms with van der Waals surface area (Å²) in [4.78, 5) is 2.13. The van der Waals surface area contributed by atoms with Gasteiger partial charge in [-0.15, -0.1) is 0 Å². The molecule has 3 nitrogen and oxygen atoms in total. The standard InChI is InChI=1S/C17H30N2O/c1-7-18-16(12-13-17(2,3)20-6)14-8-10-15(11-9-14)19(4)5/h8-11,16,18H,7,12-13H2,1-6H3. The molecule has 0 aliphatic heterocycles. The summed E-state index contributed by atoms with van der Waals surface area (Å²) in [5, 5.41) is 3.58. The minimum atomic E-state index is -0.0583. The average molecular weight is 278 g/mol. The molecule has 3 heteroatoms. The first-order valence-corrected chi connectivity index (χ1v) is 7.45. The molecular formula is C17H30N2O. The van der Waals surface area contributed by atoms with Crippen molar-refractivity contribution in [2.45, 2.75) is 45.3 Å². The summed E-state index contributed by atoms with van der Waals surface area (Å²) < 4.78 is 5.52. The molecule has 1 aromatic carbocycles. The molecule has 1 rings (SSSR count). The number of rotatable bonds is 8. The largest absolute Gasteiger partial charge is 0.379 e. The van der Waals surface area contributed by atoms with Gasteiger partial charge in [0.15, 0.2) is 0 Å². The van der Waals surface area contributed by atoms with Gasteiger partial charge in [0.1, 0.15) is 0 Å². The first-order chi connectivity index (χ1) is 9.39. The van der Waals surface area contributed by atoms with Crippen molar-refractivity contribution in [1.29, 1.82) is 0 Å². The number of nitrogens with one attached hydrogen (secondary N) is 1. The van der Waals surface area contributed by atoms with Crippen LogP contribution in [0.25, 0.3) is 0 Å². The lowest BCUT2D eigenvalue weighted by Gasteiger charge is -2.27. The second kappa shape index (κ2) is 7.65. The maximum absolute atomic E-state index is 5.52. The molecule has 0 aliphatic rings. The summed E-state index contributed by atoms with van der Waals surface area (Å²) in [7, 11) is 5.92. The van der Waals surface area contributed by atoms with E-state index in [-0.39, 0.29) is 5.60 Å². The van der Waals surface area contributed by atoms with E-state index in [1.54, 1.807) is 7.11 Å². The fraction of sp³-hybridized carbons (Fsp3) is 0.647. The summed E-state index contributed by atoms with van der Waals surface area (Å²) in [5.74, 6) is 0. The van der Waals surface area contributed by atoms with E-state index in [2.05, 4.69) is 69.3 Å². The molecular weight excluding hydrogens is 248 g/mol.